The number of carboxylic acids is 1. The minimum absolute atomic E-state index is 0.00455. The van der Waals surface area contributed by atoms with Crippen LogP contribution < -0.4 is 5.32 Å². The summed E-state index contributed by atoms with van der Waals surface area (Å²) in [6, 6.07) is 5.55. The van der Waals surface area contributed by atoms with Crippen LogP contribution in [0.4, 0.5) is 5.69 Å². The second kappa shape index (κ2) is 27.5. The molecule has 1 amide bonds. The van der Waals surface area contributed by atoms with Crippen molar-refractivity contribution >= 4 is 113 Å². The summed E-state index contributed by atoms with van der Waals surface area (Å²) in [6.07, 6.45) is 11.6. The molecular formula is C48H61BrClN5O9S4. The molecule has 0 atom stereocenters. The standard InChI is InChI=1S/C17H18N2OS.C10H15NO2S.C8H10ClNOS.C8H11NO2S.C5H7BrO3/c1-6-12-9-13(8-7-11(12)2)19-15(20)14-10-18-16(21-14)17(3,4)5;1-5-13-8(12)7-6-11-9(14-7)10(2,3)4;1-8(2,3)7-10-4-5(12-7)6(9)11;1-8(2,3)7-9-4-5(12-7)6(10)11;1-2-9-5(8)4(7)3-6/h1,7-10H,2-5H3,(H,19,20);6H,5H2,1-4H3;4H,1-3H3;4H,1-3H3,(H,10,11);2-3H2,1H3. The van der Waals surface area contributed by atoms with Gasteiger partial charge in [-0.2, -0.15) is 0 Å². The quantitative estimate of drug-likeness (QED) is 0.0464. The van der Waals surface area contributed by atoms with E-state index >= 15 is 0 Å². The molecule has 14 nitrogen and oxygen atoms in total. The summed E-state index contributed by atoms with van der Waals surface area (Å²) < 4.78 is 9.26. The number of terminal acetylenes is 1. The number of ketones is 1. The molecule has 0 fully saturated rings. The Bertz CT molecular complexity index is 2470. The number of nitrogens with zero attached hydrogens (tertiary/aromatic N) is 4. The van der Waals surface area contributed by atoms with Crippen LogP contribution in [0, 0.1) is 19.3 Å². The van der Waals surface area contributed by atoms with Crippen molar-refractivity contribution in [2.45, 2.75) is 126 Å². The number of aromatic nitrogens is 4. The molecule has 5 aromatic rings. The second-order valence-corrected chi connectivity index (χ2v) is 23.4. The number of rotatable bonds is 9. The first kappa shape index (κ1) is 61.3. The average molecular weight is 1100 g/mol. The number of carbonyl (C=O) groups excluding carboxylic acids is 5. The number of ether oxygens (including phenoxy) is 2. The summed E-state index contributed by atoms with van der Waals surface area (Å²) in [5.74, 6) is -0.0369. The number of alkyl halides is 1. The number of aryl methyl sites for hydroxylation is 1. The van der Waals surface area contributed by atoms with Crippen molar-refractivity contribution in [3.63, 3.8) is 0 Å². The van der Waals surface area contributed by atoms with Gasteiger partial charge in [0, 0.05) is 32.9 Å². The van der Waals surface area contributed by atoms with Gasteiger partial charge in [0.1, 0.15) is 19.5 Å². The predicted octanol–water partition coefficient (Wildman–Crippen LogP) is 12.1. The number of anilines is 1. The largest absolute Gasteiger partial charge is 0.477 e. The fourth-order valence-corrected chi connectivity index (χ4v) is 8.14. The summed E-state index contributed by atoms with van der Waals surface area (Å²) >= 11 is 13.5. The lowest BCUT2D eigenvalue weighted by molar-refractivity contribution is -0.152. The van der Waals surface area contributed by atoms with E-state index < -0.39 is 23.0 Å². The number of hydrogen-bond donors (Lipinski definition) is 2. The summed E-state index contributed by atoms with van der Waals surface area (Å²) in [6.45, 7) is 30.7. The summed E-state index contributed by atoms with van der Waals surface area (Å²) in [5, 5.41) is 14.8. The lowest BCUT2D eigenvalue weighted by Gasteiger charge is -2.13. The van der Waals surface area contributed by atoms with Crippen molar-refractivity contribution < 1.29 is 43.3 Å². The highest BCUT2D eigenvalue weighted by molar-refractivity contribution is 9.09. The molecule has 370 valence electrons. The first-order valence-corrected chi connectivity index (χ1v) is 25.7. The van der Waals surface area contributed by atoms with Crippen molar-refractivity contribution in [3.8, 4) is 12.3 Å². The van der Waals surface area contributed by atoms with Gasteiger partial charge in [0.15, 0.2) is 0 Å². The van der Waals surface area contributed by atoms with Crippen LogP contribution in [0.1, 0.15) is 167 Å². The molecule has 68 heavy (non-hydrogen) atoms. The Morgan fingerprint density at radius 1 is 0.676 bits per heavy atom. The zero-order valence-electron chi connectivity index (χ0n) is 41.1. The molecule has 0 saturated heterocycles. The Kier molecular flexibility index (Phi) is 24.8. The minimum Gasteiger partial charge on any atom is -0.477 e. The van der Waals surface area contributed by atoms with Gasteiger partial charge in [-0.3, -0.25) is 14.4 Å². The number of aromatic carboxylic acids is 1. The van der Waals surface area contributed by atoms with Crippen LogP contribution in [0.15, 0.2) is 43.0 Å². The number of benzene rings is 1. The molecule has 0 aliphatic heterocycles. The van der Waals surface area contributed by atoms with Gasteiger partial charge in [-0.15, -0.1) is 51.8 Å². The normalized spacial score (nSPS) is 11.0. The molecule has 1 aromatic carbocycles. The van der Waals surface area contributed by atoms with E-state index in [9.17, 15) is 28.8 Å². The van der Waals surface area contributed by atoms with E-state index in [4.69, 9.17) is 27.9 Å². The van der Waals surface area contributed by atoms with Gasteiger partial charge >= 0.3 is 17.9 Å². The smallest absolute Gasteiger partial charge is 0.375 e. The molecule has 0 aliphatic carbocycles. The summed E-state index contributed by atoms with van der Waals surface area (Å²) in [4.78, 5) is 84.3. The molecule has 4 heterocycles. The number of esters is 2. The average Bonchev–Trinajstić information content (AvgIpc) is 4.08. The van der Waals surface area contributed by atoms with Crippen LogP contribution in [-0.2, 0) is 40.7 Å². The highest BCUT2D eigenvalue weighted by Gasteiger charge is 2.23. The third kappa shape index (κ3) is 21.3. The van der Waals surface area contributed by atoms with Crippen molar-refractivity contribution in [2.24, 2.45) is 0 Å². The molecule has 4 aromatic heterocycles. The zero-order chi connectivity index (χ0) is 52.4. The van der Waals surface area contributed by atoms with Crippen molar-refractivity contribution in [1.82, 2.24) is 19.9 Å². The zero-order valence-corrected chi connectivity index (χ0v) is 46.7. The lowest BCUT2D eigenvalue weighted by Crippen LogP contribution is -2.17. The van der Waals surface area contributed by atoms with Crippen LogP contribution in [-0.4, -0.2) is 78.4 Å². The summed E-state index contributed by atoms with van der Waals surface area (Å²) in [5.41, 5.74) is 2.38. The van der Waals surface area contributed by atoms with Crippen LogP contribution in [0.3, 0.4) is 0 Å². The Morgan fingerprint density at radius 2 is 1.07 bits per heavy atom. The van der Waals surface area contributed by atoms with E-state index in [1.165, 1.54) is 57.7 Å². The number of thiazole rings is 4. The van der Waals surface area contributed by atoms with Gasteiger partial charge in [0.2, 0.25) is 5.78 Å². The Hall–Kier alpha value is -4.71. The fourth-order valence-electron chi connectivity index (χ4n) is 4.39. The highest BCUT2D eigenvalue weighted by Crippen LogP contribution is 2.30. The number of carboxylic acid groups (broad SMARTS) is 1. The molecule has 2 N–H and O–H groups in total. The number of amides is 1. The van der Waals surface area contributed by atoms with E-state index in [-0.39, 0.29) is 45.5 Å². The van der Waals surface area contributed by atoms with E-state index in [0.29, 0.717) is 31.8 Å². The molecular weight excluding hydrogens is 1030 g/mol. The predicted molar refractivity (Wildman–Crippen MR) is 279 cm³/mol. The van der Waals surface area contributed by atoms with Crippen molar-refractivity contribution in [2.75, 3.05) is 23.9 Å². The maximum Gasteiger partial charge on any atom is 0.375 e. The van der Waals surface area contributed by atoms with Gasteiger partial charge in [-0.1, -0.05) is 111 Å². The second-order valence-electron chi connectivity index (χ2n) is 18.3. The Labute approximate surface area is 429 Å². The molecule has 0 radical (unpaired) electrons. The number of Topliss-reactive ketones (excluding diaryl/α,β-unsaturated/α-hetero) is 1. The number of carbonyl (C=O) groups is 6. The maximum atomic E-state index is 12.2. The number of hydrogen-bond acceptors (Lipinski definition) is 16. The van der Waals surface area contributed by atoms with E-state index in [0.717, 1.165) is 31.2 Å². The van der Waals surface area contributed by atoms with Gasteiger partial charge in [-0.05, 0) is 50.1 Å². The highest BCUT2D eigenvalue weighted by atomic mass is 79.9. The van der Waals surface area contributed by atoms with E-state index in [1.54, 1.807) is 32.3 Å². The molecule has 0 unspecified atom stereocenters. The van der Waals surface area contributed by atoms with Gasteiger partial charge in [0.05, 0.1) is 63.4 Å². The molecule has 0 aliphatic rings. The van der Waals surface area contributed by atoms with Gasteiger partial charge in [0.25, 0.3) is 11.1 Å². The molecule has 0 bridgehead atoms. The minimum atomic E-state index is -0.900. The van der Waals surface area contributed by atoms with Gasteiger partial charge in [-0.25, -0.2) is 34.3 Å². The van der Waals surface area contributed by atoms with Gasteiger partial charge < -0.3 is 19.9 Å². The summed E-state index contributed by atoms with van der Waals surface area (Å²) in [7, 11) is 0. The van der Waals surface area contributed by atoms with Crippen molar-refractivity contribution in [1.29, 1.82) is 0 Å². The third-order valence-corrected chi connectivity index (χ3v) is 14.5. The molecule has 20 heteroatoms. The van der Waals surface area contributed by atoms with Crippen molar-refractivity contribution in [3.05, 3.63) is 93.7 Å². The van der Waals surface area contributed by atoms with Crippen LogP contribution >= 0.6 is 72.9 Å². The Morgan fingerprint density at radius 3 is 1.43 bits per heavy atom. The molecule has 0 spiro atoms. The number of nitrogens with one attached hydrogen (secondary N) is 1. The van der Waals surface area contributed by atoms with Crippen LogP contribution in [0.5, 0.6) is 0 Å². The molecule has 5 rings (SSSR count). The van der Waals surface area contributed by atoms with E-state index in [1.807, 2.05) is 60.6 Å². The Balaban J connectivity index is 0.000000439. The maximum absolute atomic E-state index is 12.2. The number of halogens is 2. The van der Waals surface area contributed by atoms with Crippen LogP contribution in [0.2, 0.25) is 0 Å². The third-order valence-electron chi connectivity index (χ3n) is 7.97. The first-order chi connectivity index (χ1) is 31.3. The molecule has 0 saturated carbocycles. The topological polar surface area (TPSA) is 205 Å². The first-order valence-electron chi connectivity index (χ1n) is 20.9. The van der Waals surface area contributed by atoms with E-state index in [2.05, 4.69) is 93.4 Å². The SMILES string of the molecule is C#Cc1cc(NC(=O)c2cnc(C(C)(C)C)s2)ccc1C.CC(C)(C)c1ncc(C(=O)Cl)s1.CC(C)(C)c1ncc(C(=O)O)s1.CCOC(=O)C(=O)CBr.CCOC(=O)c1cnc(C(C)(C)C)s1. The lowest BCUT2D eigenvalue weighted by atomic mass is 9.98. The van der Waals surface area contributed by atoms with Crippen LogP contribution in [0.25, 0.3) is 0 Å². The monoisotopic (exact) mass is 1090 g/mol. The fraction of sp³-hybridized carbons (Fsp3) is 0.458.